The van der Waals surface area contributed by atoms with Crippen molar-refractivity contribution in [2.75, 3.05) is 0 Å². The van der Waals surface area contributed by atoms with Crippen molar-refractivity contribution in [1.82, 2.24) is 0 Å². The van der Waals surface area contributed by atoms with Crippen molar-refractivity contribution in [3.8, 4) is 0 Å². The monoisotopic (exact) mass is 352 g/mol. The first-order valence-corrected chi connectivity index (χ1v) is 12.3. The second-order valence-electron chi connectivity index (χ2n) is 7.44. The topological polar surface area (TPSA) is 43.4 Å². The fraction of sp³-hybridized carbons (Fsp3) is 0.800. The van der Waals surface area contributed by atoms with Crippen molar-refractivity contribution in [2.24, 2.45) is 17.8 Å². The van der Waals surface area contributed by atoms with Crippen LogP contribution in [0, 0.1) is 17.8 Å². The maximum atomic E-state index is 13.1. The van der Waals surface area contributed by atoms with Gasteiger partial charge in [0.05, 0.1) is 12.0 Å². The van der Waals surface area contributed by atoms with Gasteiger partial charge < -0.3 is 4.43 Å². The lowest BCUT2D eigenvalue weighted by Crippen LogP contribution is -2.46. The van der Waals surface area contributed by atoms with Crippen molar-refractivity contribution >= 4 is 19.9 Å². The molecule has 1 saturated carbocycles. The van der Waals surface area contributed by atoms with Crippen molar-refractivity contribution < 1.29 is 14.0 Å². The standard InChI is InChI=1S/C20H36O3Si/c1-7-12-18(23-24(8-2,9-3)10-4)19(15(5)6)20(22)16-13-11-14-17(16)21/h7,12,15-16,18-19H,8-11,13-14H2,1-6H3/b12-7+/t16?,18-,19+/m1/s1. The average Bonchev–Trinajstić information content (AvgIpc) is 2.98. The van der Waals surface area contributed by atoms with E-state index in [9.17, 15) is 9.59 Å². The zero-order chi connectivity index (χ0) is 18.3. The van der Waals surface area contributed by atoms with Gasteiger partial charge in [-0.1, -0.05) is 46.8 Å². The molecule has 3 atom stereocenters. The molecule has 0 amide bonds. The summed E-state index contributed by atoms with van der Waals surface area (Å²) in [4.78, 5) is 25.3. The van der Waals surface area contributed by atoms with Gasteiger partial charge in [-0.25, -0.2) is 0 Å². The molecule has 0 spiro atoms. The van der Waals surface area contributed by atoms with Gasteiger partial charge >= 0.3 is 0 Å². The Hall–Kier alpha value is -0.743. The molecular weight excluding hydrogens is 316 g/mol. The van der Waals surface area contributed by atoms with Crippen LogP contribution < -0.4 is 0 Å². The number of carbonyl (C=O) groups is 2. The van der Waals surface area contributed by atoms with Gasteiger partial charge in [-0.2, -0.15) is 0 Å². The fourth-order valence-corrected chi connectivity index (χ4v) is 6.73. The molecule has 0 aromatic heterocycles. The van der Waals surface area contributed by atoms with Crippen molar-refractivity contribution in [3.63, 3.8) is 0 Å². The summed E-state index contributed by atoms with van der Waals surface area (Å²) in [5.74, 6) is -0.194. The Morgan fingerprint density at radius 2 is 1.83 bits per heavy atom. The first-order chi connectivity index (χ1) is 11.4. The second-order valence-corrected chi connectivity index (χ2v) is 12.2. The third-order valence-electron chi connectivity index (χ3n) is 5.75. The van der Waals surface area contributed by atoms with Crippen LogP contribution in [0.4, 0.5) is 0 Å². The van der Waals surface area contributed by atoms with Gasteiger partial charge in [-0.15, -0.1) is 0 Å². The van der Waals surface area contributed by atoms with E-state index >= 15 is 0 Å². The van der Waals surface area contributed by atoms with Crippen molar-refractivity contribution in [1.29, 1.82) is 0 Å². The van der Waals surface area contributed by atoms with Crippen LogP contribution >= 0.6 is 0 Å². The van der Waals surface area contributed by atoms with E-state index < -0.39 is 14.2 Å². The molecular formula is C20H36O3Si. The zero-order valence-corrected chi connectivity index (χ0v) is 17.4. The maximum Gasteiger partial charge on any atom is 0.192 e. The molecule has 3 nitrogen and oxygen atoms in total. The fourth-order valence-electron chi connectivity index (χ4n) is 3.93. The highest BCUT2D eigenvalue weighted by molar-refractivity contribution is 6.73. The molecule has 1 fully saturated rings. The van der Waals surface area contributed by atoms with Gasteiger partial charge in [0.15, 0.2) is 8.32 Å². The first-order valence-electron chi connectivity index (χ1n) is 9.72. The van der Waals surface area contributed by atoms with Crippen LogP contribution in [-0.2, 0) is 14.0 Å². The molecule has 0 N–H and O–H groups in total. The van der Waals surface area contributed by atoms with Gasteiger partial charge in [-0.3, -0.25) is 9.59 Å². The van der Waals surface area contributed by atoms with E-state index in [0.717, 1.165) is 31.0 Å². The summed E-state index contributed by atoms with van der Waals surface area (Å²) >= 11 is 0. The van der Waals surface area contributed by atoms with Gasteiger partial charge in [0.25, 0.3) is 0 Å². The van der Waals surface area contributed by atoms with E-state index in [1.54, 1.807) is 0 Å². The third kappa shape index (κ3) is 4.88. The summed E-state index contributed by atoms with van der Waals surface area (Å²) in [6.07, 6.45) is 5.99. The van der Waals surface area contributed by atoms with E-state index in [-0.39, 0.29) is 29.5 Å². The molecule has 0 aliphatic heterocycles. The molecule has 24 heavy (non-hydrogen) atoms. The average molecular weight is 353 g/mol. The van der Waals surface area contributed by atoms with E-state index in [1.165, 1.54) is 0 Å². The molecule has 0 heterocycles. The zero-order valence-electron chi connectivity index (χ0n) is 16.4. The third-order valence-corrected chi connectivity index (χ3v) is 10.4. The maximum absolute atomic E-state index is 13.1. The van der Waals surface area contributed by atoms with E-state index in [0.29, 0.717) is 6.42 Å². The minimum absolute atomic E-state index is 0.113. The molecule has 0 saturated heterocycles. The molecule has 0 bridgehead atoms. The van der Waals surface area contributed by atoms with Crippen LogP contribution in [0.25, 0.3) is 0 Å². The van der Waals surface area contributed by atoms with E-state index in [2.05, 4.69) is 34.6 Å². The lowest BCUT2D eigenvalue weighted by Gasteiger charge is -2.37. The number of hydrogen-bond acceptors (Lipinski definition) is 3. The summed E-state index contributed by atoms with van der Waals surface area (Å²) < 4.78 is 6.69. The highest BCUT2D eigenvalue weighted by Gasteiger charge is 2.42. The van der Waals surface area contributed by atoms with Crippen LogP contribution in [0.5, 0.6) is 0 Å². The Morgan fingerprint density at radius 1 is 1.25 bits per heavy atom. The Morgan fingerprint density at radius 3 is 2.21 bits per heavy atom. The summed E-state index contributed by atoms with van der Waals surface area (Å²) in [6, 6.07) is 3.19. The Labute approximate surface area is 149 Å². The molecule has 0 aromatic rings. The quantitative estimate of drug-likeness (QED) is 0.310. The number of rotatable bonds is 10. The summed E-state index contributed by atoms with van der Waals surface area (Å²) in [7, 11) is -1.82. The Kier molecular flexibility index (Phi) is 8.58. The normalized spacial score (nSPS) is 21.6. The van der Waals surface area contributed by atoms with Crippen LogP contribution in [0.3, 0.4) is 0 Å². The molecule has 1 aliphatic rings. The minimum atomic E-state index is -1.82. The predicted octanol–water partition coefficient (Wildman–Crippen LogP) is 5.16. The molecule has 1 unspecified atom stereocenters. The van der Waals surface area contributed by atoms with Gasteiger partial charge in [0.2, 0.25) is 0 Å². The summed E-state index contributed by atoms with van der Waals surface area (Å²) in [5, 5.41) is 0. The van der Waals surface area contributed by atoms with Gasteiger partial charge in [0, 0.05) is 12.3 Å². The van der Waals surface area contributed by atoms with Gasteiger partial charge in [0.1, 0.15) is 11.6 Å². The van der Waals surface area contributed by atoms with Crippen molar-refractivity contribution in [3.05, 3.63) is 12.2 Å². The second kappa shape index (κ2) is 9.67. The summed E-state index contributed by atoms with van der Waals surface area (Å²) in [5.41, 5.74) is 0. The number of allylic oxidation sites excluding steroid dienone is 1. The van der Waals surface area contributed by atoms with Crippen LogP contribution in [0.1, 0.15) is 60.8 Å². The smallest absolute Gasteiger partial charge is 0.192 e. The first kappa shape index (κ1) is 21.3. The minimum Gasteiger partial charge on any atom is -0.410 e. The molecule has 1 aliphatic carbocycles. The number of Topliss-reactive ketones (excluding diaryl/α,β-unsaturated/α-hetero) is 2. The van der Waals surface area contributed by atoms with Crippen LogP contribution in [-0.4, -0.2) is 26.0 Å². The molecule has 138 valence electrons. The predicted molar refractivity (Wildman–Crippen MR) is 103 cm³/mol. The number of carbonyl (C=O) groups excluding carboxylic acids is 2. The SMILES string of the molecule is C/C=C/[C@@H](O[Si](CC)(CC)CC)[C@@H](C(=O)C1CCCC1=O)C(C)C. The Balaban J connectivity index is 3.11. The highest BCUT2D eigenvalue weighted by Crippen LogP contribution is 2.34. The van der Waals surface area contributed by atoms with E-state index in [1.807, 2.05) is 19.1 Å². The van der Waals surface area contributed by atoms with Gasteiger partial charge in [-0.05, 0) is 43.8 Å². The number of hydrogen-bond donors (Lipinski definition) is 0. The molecule has 0 aromatic carbocycles. The largest absolute Gasteiger partial charge is 0.410 e. The molecule has 1 rings (SSSR count). The lowest BCUT2D eigenvalue weighted by atomic mass is 9.80. The molecule has 0 radical (unpaired) electrons. The highest BCUT2D eigenvalue weighted by atomic mass is 28.4. The van der Waals surface area contributed by atoms with Crippen LogP contribution in [0.15, 0.2) is 12.2 Å². The Bertz CT molecular complexity index is 444. The number of ketones is 2. The van der Waals surface area contributed by atoms with E-state index in [4.69, 9.17) is 4.43 Å². The lowest BCUT2D eigenvalue weighted by molar-refractivity contribution is -0.136. The van der Waals surface area contributed by atoms with Crippen molar-refractivity contribution in [2.45, 2.75) is 85.0 Å². The summed E-state index contributed by atoms with van der Waals surface area (Å²) in [6.45, 7) is 12.8. The van der Waals surface area contributed by atoms with Crippen LogP contribution in [0.2, 0.25) is 18.1 Å². The molecule has 4 heteroatoms.